The van der Waals surface area contributed by atoms with Gasteiger partial charge in [-0.3, -0.25) is 0 Å². The lowest BCUT2D eigenvalue weighted by molar-refractivity contribution is -0.274. The molecule has 174 valence electrons. The zero-order chi connectivity index (χ0) is 24.2. The summed E-state index contributed by atoms with van der Waals surface area (Å²) in [5, 5.41) is 5.22. The quantitative estimate of drug-likeness (QED) is 0.430. The third kappa shape index (κ3) is 6.86. The molecule has 3 aromatic rings. The Labute approximate surface area is 189 Å². The fourth-order valence-corrected chi connectivity index (χ4v) is 3.01. The summed E-state index contributed by atoms with van der Waals surface area (Å²) in [4.78, 5) is 16.9. The van der Waals surface area contributed by atoms with E-state index in [0.29, 0.717) is 17.1 Å². The highest BCUT2D eigenvalue weighted by atomic mass is 19.4. The number of ether oxygens (including phenoxy) is 2. The van der Waals surface area contributed by atoms with Crippen LogP contribution in [0.4, 0.5) is 29.3 Å². The van der Waals surface area contributed by atoms with E-state index in [1.165, 1.54) is 12.1 Å². The first-order valence-corrected chi connectivity index (χ1v) is 10.1. The number of alkyl halides is 3. The molecule has 3 rings (SSSR count). The predicted molar refractivity (Wildman–Crippen MR) is 120 cm³/mol. The van der Waals surface area contributed by atoms with Crippen molar-refractivity contribution in [3.05, 3.63) is 71.9 Å². The number of carbonyl (C=O) groups excluding carboxylic acids is 1. The Morgan fingerprint density at radius 2 is 1.58 bits per heavy atom. The minimum Gasteiger partial charge on any atom is -0.437 e. The molecule has 0 spiro atoms. The van der Waals surface area contributed by atoms with Crippen LogP contribution in [0.15, 0.2) is 60.7 Å². The van der Waals surface area contributed by atoms with Crippen LogP contribution < -0.4 is 20.1 Å². The first kappa shape index (κ1) is 23.9. The van der Waals surface area contributed by atoms with Gasteiger partial charge in [0.2, 0.25) is 5.88 Å². The molecule has 33 heavy (non-hydrogen) atoms. The van der Waals surface area contributed by atoms with Gasteiger partial charge in [-0.15, -0.1) is 13.2 Å². The first-order valence-electron chi connectivity index (χ1n) is 10.1. The zero-order valence-corrected chi connectivity index (χ0v) is 18.6. The van der Waals surface area contributed by atoms with Crippen LogP contribution in [-0.2, 0) is 5.41 Å². The molecule has 6 nitrogen and oxygen atoms in total. The van der Waals surface area contributed by atoms with Gasteiger partial charge in [0.1, 0.15) is 17.2 Å². The van der Waals surface area contributed by atoms with Crippen LogP contribution in [0.1, 0.15) is 32.0 Å². The number of amides is 2. The van der Waals surface area contributed by atoms with Gasteiger partial charge in [-0.05, 0) is 54.8 Å². The number of nitrogens with one attached hydrogen (secondary N) is 2. The topological polar surface area (TPSA) is 72.5 Å². The molecule has 2 amide bonds. The van der Waals surface area contributed by atoms with E-state index in [0.717, 1.165) is 17.7 Å². The van der Waals surface area contributed by atoms with Gasteiger partial charge in [0.25, 0.3) is 0 Å². The molecule has 9 heteroatoms. The third-order valence-electron chi connectivity index (χ3n) is 4.50. The number of hydrogen-bond donors (Lipinski definition) is 2. The molecule has 0 fully saturated rings. The summed E-state index contributed by atoms with van der Waals surface area (Å²) in [5.74, 6) is 0.451. The summed E-state index contributed by atoms with van der Waals surface area (Å²) in [6, 6.07) is 15.2. The number of para-hydroxylation sites is 1. The SMILES string of the molecule is Cc1ccc(NC(=O)Nc2ccc(OC(F)(F)F)cc2)c(Oc2ccccc2C(C)(C)C)n1. The van der Waals surface area contributed by atoms with Crippen LogP contribution in [0, 0.1) is 6.92 Å². The van der Waals surface area contributed by atoms with Crippen molar-refractivity contribution in [2.75, 3.05) is 10.6 Å². The maximum absolute atomic E-state index is 12.5. The number of aromatic nitrogens is 1. The molecule has 0 saturated heterocycles. The Kier molecular flexibility index (Phi) is 6.81. The monoisotopic (exact) mass is 459 g/mol. The van der Waals surface area contributed by atoms with Crippen LogP contribution in [-0.4, -0.2) is 17.4 Å². The van der Waals surface area contributed by atoms with Crippen molar-refractivity contribution in [3.63, 3.8) is 0 Å². The lowest BCUT2D eigenvalue weighted by Gasteiger charge is -2.23. The Morgan fingerprint density at radius 3 is 2.21 bits per heavy atom. The average molecular weight is 459 g/mol. The van der Waals surface area contributed by atoms with E-state index in [9.17, 15) is 18.0 Å². The molecule has 0 unspecified atom stereocenters. The second-order valence-electron chi connectivity index (χ2n) is 8.30. The molecule has 2 aromatic carbocycles. The van der Waals surface area contributed by atoms with Crippen molar-refractivity contribution in [1.29, 1.82) is 0 Å². The molecule has 0 aliphatic heterocycles. The van der Waals surface area contributed by atoms with E-state index in [2.05, 4.69) is 41.1 Å². The van der Waals surface area contributed by atoms with Crippen LogP contribution in [0.25, 0.3) is 0 Å². The van der Waals surface area contributed by atoms with Crippen LogP contribution in [0.3, 0.4) is 0 Å². The molecular weight excluding hydrogens is 435 g/mol. The number of aryl methyl sites for hydroxylation is 1. The predicted octanol–water partition coefficient (Wildman–Crippen LogP) is 7.02. The van der Waals surface area contributed by atoms with Crippen molar-refractivity contribution in [2.24, 2.45) is 0 Å². The molecule has 0 aliphatic rings. The summed E-state index contributed by atoms with van der Waals surface area (Å²) < 4.78 is 46.8. The fraction of sp³-hybridized carbons (Fsp3) is 0.250. The lowest BCUT2D eigenvalue weighted by Crippen LogP contribution is -2.20. The number of halogens is 3. The van der Waals surface area contributed by atoms with Crippen LogP contribution in [0.2, 0.25) is 0 Å². The van der Waals surface area contributed by atoms with Gasteiger partial charge in [0, 0.05) is 16.9 Å². The summed E-state index contributed by atoms with van der Waals surface area (Å²) in [6.07, 6.45) is -4.78. The number of anilines is 2. The number of carbonyl (C=O) groups is 1. The van der Waals surface area contributed by atoms with Crippen LogP contribution >= 0.6 is 0 Å². The maximum Gasteiger partial charge on any atom is 0.573 e. The molecule has 0 saturated carbocycles. The minimum atomic E-state index is -4.78. The molecule has 0 atom stereocenters. The molecule has 0 aliphatic carbocycles. The molecule has 1 aromatic heterocycles. The highest BCUT2D eigenvalue weighted by Crippen LogP contribution is 2.36. The highest BCUT2D eigenvalue weighted by molar-refractivity contribution is 6.00. The molecule has 2 N–H and O–H groups in total. The number of urea groups is 1. The number of rotatable bonds is 5. The highest BCUT2D eigenvalue weighted by Gasteiger charge is 2.31. The Bertz CT molecular complexity index is 1120. The smallest absolute Gasteiger partial charge is 0.437 e. The van der Waals surface area contributed by atoms with E-state index in [4.69, 9.17) is 4.74 Å². The van der Waals surface area contributed by atoms with Gasteiger partial charge in [-0.25, -0.2) is 9.78 Å². The Morgan fingerprint density at radius 1 is 0.909 bits per heavy atom. The van der Waals surface area contributed by atoms with E-state index >= 15 is 0 Å². The largest absolute Gasteiger partial charge is 0.573 e. The fourth-order valence-electron chi connectivity index (χ4n) is 3.01. The van der Waals surface area contributed by atoms with Crippen LogP contribution in [0.5, 0.6) is 17.4 Å². The molecular formula is C24H24F3N3O3. The second-order valence-corrected chi connectivity index (χ2v) is 8.30. The summed E-state index contributed by atoms with van der Waals surface area (Å²) in [6.45, 7) is 8.00. The van der Waals surface area contributed by atoms with Gasteiger partial charge in [0.15, 0.2) is 0 Å². The van der Waals surface area contributed by atoms with Gasteiger partial charge in [0.05, 0.1) is 0 Å². The van der Waals surface area contributed by atoms with Crippen molar-refractivity contribution < 1.29 is 27.4 Å². The van der Waals surface area contributed by atoms with Crippen molar-refractivity contribution >= 4 is 17.4 Å². The minimum absolute atomic E-state index is 0.173. The summed E-state index contributed by atoms with van der Waals surface area (Å²) in [5.41, 5.74) is 2.11. The van der Waals surface area contributed by atoms with Gasteiger partial charge >= 0.3 is 12.4 Å². The van der Waals surface area contributed by atoms with Gasteiger partial charge in [-0.2, -0.15) is 0 Å². The molecule has 1 heterocycles. The number of hydrogen-bond acceptors (Lipinski definition) is 4. The van der Waals surface area contributed by atoms with E-state index in [1.807, 2.05) is 24.3 Å². The van der Waals surface area contributed by atoms with Crippen molar-refractivity contribution in [1.82, 2.24) is 4.98 Å². The number of benzene rings is 2. The maximum atomic E-state index is 12.5. The second kappa shape index (κ2) is 9.40. The normalized spacial score (nSPS) is 11.6. The Hall–Kier alpha value is -3.75. The van der Waals surface area contributed by atoms with Gasteiger partial charge in [-0.1, -0.05) is 39.0 Å². The molecule has 0 radical (unpaired) electrons. The Balaban J connectivity index is 1.75. The van der Waals surface area contributed by atoms with Gasteiger partial charge < -0.3 is 20.1 Å². The van der Waals surface area contributed by atoms with Crippen molar-refractivity contribution in [2.45, 2.75) is 39.5 Å². The van der Waals surface area contributed by atoms with E-state index in [1.54, 1.807) is 19.1 Å². The first-order chi connectivity index (χ1) is 15.4. The average Bonchev–Trinajstić information content (AvgIpc) is 2.70. The van der Waals surface area contributed by atoms with E-state index < -0.39 is 12.4 Å². The van der Waals surface area contributed by atoms with Crippen molar-refractivity contribution in [3.8, 4) is 17.4 Å². The van der Waals surface area contributed by atoms with E-state index in [-0.39, 0.29) is 22.7 Å². The number of nitrogens with zero attached hydrogens (tertiary/aromatic N) is 1. The number of pyridine rings is 1. The standard InChI is InChI=1S/C24H24F3N3O3/c1-15-9-14-19(21(28-15)32-20-8-6-5-7-18(20)23(2,3)4)30-22(31)29-16-10-12-17(13-11-16)33-24(25,26)27/h5-14H,1-4H3,(H2,29,30,31). The lowest BCUT2D eigenvalue weighted by atomic mass is 9.86. The summed E-state index contributed by atoms with van der Waals surface area (Å²) in [7, 11) is 0. The molecule has 0 bridgehead atoms. The summed E-state index contributed by atoms with van der Waals surface area (Å²) >= 11 is 0. The zero-order valence-electron chi connectivity index (χ0n) is 18.6. The third-order valence-corrected chi connectivity index (χ3v) is 4.50.